The van der Waals surface area contributed by atoms with Gasteiger partial charge in [-0.15, -0.1) is 0 Å². The highest BCUT2D eigenvalue weighted by molar-refractivity contribution is 6.30. The maximum Gasteiger partial charge on any atom is 0.222 e. The summed E-state index contributed by atoms with van der Waals surface area (Å²) in [7, 11) is 4.14. The van der Waals surface area contributed by atoms with Crippen molar-refractivity contribution in [3.8, 4) is 0 Å². The summed E-state index contributed by atoms with van der Waals surface area (Å²) in [6.45, 7) is 6.24. The van der Waals surface area contributed by atoms with Crippen molar-refractivity contribution in [2.45, 2.75) is 13.8 Å². The fraction of sp³-hybridized carbons (Fsp3) is 0.636. The van der Waals surface area contributed by atoms with Gasteiger partial charge in [-0.25, -0.2) is 9.97 Å². The lowest BCUT2D eigenvalue weighted by atomic mass is 9.93. The minimum atomic E-state index is 0.173. The molecule has 1 heterocycles. The van der Waals surface area contributed by atoms with Gasteiger partial charge in [0, 0.05) is 13.1 Å². The van der Waals surface area contributed by atoms with Crippen molar-refractivity contribution in [1.29, 1.82) is 0 Å². The van der Waals surface area contributed by atoms with E-state index in [2.05, 4.69) is 48.1 Å². The van der Waals surface area contributed by atoms with Crippen LogP contribution in [0, 0.1) is 5.41 Å². The average Bonchev–Trinajstić information content (AvgIpc) is 2.15. The molecule has 1 N–H and O–H groups in total. The normalized spacial score (nSPS) is 11.9. The monoisotopic (exact) mass is 242 g/mol. The van der Waals surface area contributed by atoms with E-state index in [4.69, 9.17) is 11.6 Å². The molecule has 0 saturated heterocycles. The van der Waals surface area contributed by atoms with Crippen molar-refractivity contribution in [1.82, 2.24) is 14.9 Å². The summed E-state index contributed by atoms with van der Waals surface area (Å²) in [4.78, 5) is 10.4. The van der Waals surface area contributed by atoms with Gasteiger partial charge >= 0.3 is 0 Å². The Hall–Kier alpha value is -0.870. The number of nitrogens with one attached hydrogen (secondary N) is 1. The fourth-order valence-electron chi connectivity index (χ4n) is 1.63. The van der Waals surface area contributed by atoms with Crippen LogP contribution in [0.3, 0.4) is 0 Å². The standard InChI is InChI=1S/C11H19ClN4/c1-11(2,8-16(3)4)7-15-10-13-5-9(12)6-14-10/h5-6H,7-8H2,1-4H3,(H,13,14,15). The molecule has 16 heavy (non-hydrogen) atoms. The SMILES string of the molecule is CN(C)CC(C)(C)CNc1ncc(Cl)cn1. The summed E-state index contributed by atoms with van der Waals surface area (Å²) in [5, 5.41) is 3.76. The quantitative estimate of drug-likeness (QED) is 0.859. The molecule has 0 fully saturated rings. The molecule has 1 rings (SSSR count). The summed E-state index contributed by atoms with van der Waals surface area (Å²) in [6, 6.07) is 0. The number of hydrogen-bond donors (Lipinski definition) is 1. The van der Waals surface area contributed by atoms with Crippen molar-refractivity contribution in [2.75, 3.05) is 32.5 Å². The van der Waals surface area contributed by atoms with Crippen LogP contribution in [0.5, 0.6) is 0 Å². The second kappa shape index (κ2) is 5.46. The van der Waals surface area contributed by atoms with Crippen LogP contribution in [0.4, 0.5) is 5.95 Å². The van der Waals surface area contributed by atoms with Crippen LogP contribution in [0.15, 0.2) is 12.4 Å². The lowest BCUT2D eigenvalue weighted by Gasteiger charge is -2.28. The summed E-state index contributed by atoms with van der Waals surface area (Å²) in [6.07, 6.45) is 3.19. The second-order valence-electron chi connectivity index (χ2n) is 4.98. The molecule has 0 bridgehead atoms. The molecular weight excluding hydrogens is 224 g/mol. The Labute approximate surface area is 102 Å². The van der Waals surface area contributed by atoms with Crippen LogP contribution in [0.1, 0.15) is 13.8 Å². The van der Waals surface area contributed by atoms with Crippen LogP contribution in [0.25, 0.3) is 0 Å². The molecule has 0 aliphatic heterocycles. The predicted molar refractivity (Wildman–Crippen MR) is 67.9 cm³/mol. The molecule has 1 aromatic heterocycles. The summed E-state index contributed by atoms with van der Waals surface area (Å²) in [5.74, 6) is 0.622. The lowest BCUT2D eigenvalue weighted by molar-refractivity contribution is 0.254. The van der Waals surface area contributed by atoms with Crippen molar-refractivity contribution in [2.24, 2.45) is 5.41 Å². The Morgan fingerprint density at radius 2 is 1.88 bits per heavy atom. The Morgan fingerprint density at radius 1 is 1.31 bits per heavy atom. The van der Waals surface area contributed by atoms with E-state index in [1.54, 1.807) is 12.4 Å². The third-order valence-corrected chi connectivity index (χ3v) is 2.28. The molecule has 0 amide bonds. The first kappa shape index (κ1) is 13.2. The Balaban J connectivity index is 2.47. The van der Waals surface area contributed by atoms with E-state index in [0.717, 1.165) is 13.1 Å². The molecule has 1 aromatic rings. The maximum atomic E-state index is 5.71. The number of halogens is 1. The third kappa shape index (κ3) is 4.77. The van der Waals surface area contributed by atoms with Gasteiger partial charge in [0.2, 0.25) is 5.95 Å². The number of anilines is 1. The smallest absolute Gasteiger partial charge is 0.222 e. The Morgan fingerprint density at radius 3 is 2.38 bits per heavy atom. The minimum Gasteiger partial charge on any atom is -0.354 e. The number of nitrogens with zero attached hydrogens (tertiary/aromatic N) is 3. The van der Waals surface area contributed by atoms with Crippen molar-refractivity contribution >= 4 is 17.5 Å². The largest absolute Gasteiger partial charge is 0.354 e. The molecular formula is C11H19ClN4. The molecule has 0 unspecified atom stereocenters. The molecule has 5 heteroatoms. The molecule has 0 aromatic carbocycles. The third-order valence-electron chi connectivity index (χ3n) is 2.09. The topological polar surface area (TPSA) is 41.0 Å². The number of rotatable bonds is 5. The Bertz CT molecular complexity index is 321. The molecule has 0 aliphatic rings. The molecule has 0 aliphatic carbocycles. The van der Waals surface area contributed by atoms with Crippen molar-refractivity contribution in [3.63, 3.8) is 0 Å². The maximum absolute atomic E-state index is 5.71. The van der Waals surface area contributed by atoms with Gasteiger partial charge in [-0.05, 0) is 19.5 Å². The summed E-state index contributed by atoms with van der Waals surface area (Å²) in [5.41, 5.74) is 0.173. The first-order chi connectivity index (χ1) is 7.39. The number of hydrogen-bond acceptors (Lipinski definition) is 4. The first-order valence-corrected chi connectivity index (χ1v) is 5.63. The predicted octanol–water partition coefficient (Wildman–Crippen LogP) is 2.13. The highest BCUT2D eigenvalue weighted by Gasteiger charge is 2.18. The highest BCUT2D eigenvalue weighted by Crippen LogP contribution is 2.16. The van der Waals surface area contributed by atoms with Crippen molar-refractivity contribution < 1.29 is 0 Å². The summed E-state index contributed by atoms with van der Waals surface area (Å²) < 4.78 is 0. The molecule has 0 radical (unpaired) electrons. The van der Waals surface area contributed by atoms with Gasteiger partial charge in [-0.1, -0.05) is 25.4 Å². The van der Waals surface area contributed by atoms with Crippen LogP contribution in [0.2, 0.25) is 5.02 Å². The zero-order valence-corrected chi connectivity index (χ0v) is 11.0. The van der Waals surface area contributed by atoms with Crippen LogP contribution < -0.4 is 5.32 Å². The van der Waals surface area contributed by atoms with Crippen LogP contribution in [-0.2, 0) is 0 Å². The van der Waals surface area contributed by atoms with E-state index >= 15 is 0 Å². The minimum absolute atomic E-state index is 0.173. The van der Waals surface area contributed by atoms with Gasteiger partial charge in [0.15, 0.2) is 0 Å². The average molecular weight is 243 g/mol. The van der Waals surface area contributed by atoms with Gasteiger partial charge in [0.25, 0.3) is 0 Å². The first-order valence-electron chi connectivity index (χ1n) is 5.25. The van der Waals surface area contributed by atoms with E-state index in [-0.39, 0.29) is 5.41 Å². The van der Waals surface area contributed by atoms with E-state index in [0.29, 0.717) is 11.0 Å². The van der Waals surface area contributed by atoms with Gasteiger partial charge < -0.3 is 10.2 Å². The highest BCUT2D eigenvalue weighted by atomic mass is 35.5. The fourth-order valence-corrected chi connectivity index (χ4v) is 1.73. The van der Waals surface area contributed by atoms with Crippen molar-refractivity contribution in [3.05, 3.63) is 17.4 Å². The zero-order chi connectivity index (χ0) is 12.2. The van der Waals surface area contributed by atoms with Gasteiger partial charge in [-0.3, -0.25) is 0 Å². The Kier molecular flexibility index (Phi) is 4.50. The molecule has 0 atom stereocenters. The van der Waals surface area contributed by atoms with Gasteiger partial charge in [-0.2, -0.15) is 0 Å². The summed E-state index contributed by atoms with van der Waals surface area (Å²) >= 11 is 5.71. The van der Waals surface area contributed by atoms with E-state index in [9.17, 15) is 0 Å². The molecule has 0 spiro atoms. The molecule has 90 valence electrons. The van der Waals surface area contributed by atoms with Crippen LogP contribution in [-0.4, -0.2) is 42.1 Å². The second-order valence-corrected chi connectivity index (χ2v) is 5.42. The van der Waals surface area contributed by atoms with E-state index in [1.807, 2.05) is 0 Å². The van der Waals surface area contributed by atoms with E-state index in [1.165, 1.54) is 0 Å². The number of aromatic nitrogens is 2. The lowest BCUT2D eigenvalue weighted by Crippen LogP contribution is -2.34. The van der Waals surface area contributed by atoms with Gasteiger partial charge in [0.05, 0.1) is 17.4 Å². The zero-order valence-electron chi connectivity index (χ0n) is 10.3. The van der Waals surface area contributed by atoms with E-state index < -0.39 is 0 Å². The molecule has 4 nitrogen and oxygen atoms in total. The van der Waals surface area contributed by atoms with Crippen LogP contribution >= 0.6 is 11.6 Å². The van der Waals surface area contributed by atoms with Gasteiger partial charge in [0.1, 0.15) is 0 Å². The molecule has 0 saturated carbocycles.